The van der Waals surface area contributed by atoms with Gasteiger partial charge in [-0.25, -0.2) is 8.42 Å². The molecule has 1 aromatic carbocycles. The highest BCUT2D eigenvalue weighted by Gasteiger charge is 2.41. The number of hydrogen-bond acceptors (Lipinski definition) is 6. The van der Waals surface area contributed by atoms with E-state index >= 15 is 0 Å². The molecular weight excluding hydrogens is 536 g/mol. The van der Waals surface area contributed by atoms with Crippen molar-refractivity contribution in [3.05, 3.63) is 30.0 Å². The van der Waals surface area contributed by atoms with E-state index in [2.05, 4.69) is 29.0 Å². The molecule has 226 valence electrons. The van der Waals surface area contributed by atoms with Crippen LogP contribution in [-0.4, -0.2) is 101 Å². The van der Waals surface area contributed by atoms with Crippen LogP contribution in [0.2, 0.25) is 0 Å². The van der Waals surface area contributed by atoms with Crippen molar-refractivity contribution >= 4 is 26.8 Å². The van der Waals surface area contributed by atoms with Crippen LogP contribution in [0.15, 0.2) is 24.3 Å². The fourth-order valence-corrected chi connectivity index (χ4v) is 9.77. The van der Waals surface area contributed by atoms with Crippen molar-refractivity contribution in [3.63, 3.8) is 0 Å². The molecule has 1 amide bonds. The van der Waals surface area contributed by atoms with Crippen molar-refractivity contribution in [1.82, 2.24) is 29.2 Å². The smallest absolute Gasteiger partial charge is 0.272 e. The molecule has 1 aromatic heterocycles. The average Bonchev–Trinajstić information content (AvgIpc) is 3.47. The van der Waals surface area contributed by atoms with E-state index in [1.165, 1.54) is 32.1 Å². The standard InChI is InChI=1S/C31H48N6O3S/c1-23(2)37-29-11-7-6-10-28(29)30(33-37)31(38)32-25-20-26-12-13-27(21-25)36(26)19-16-34-14-17-35(18-15-34)41(39,40)22-24-8-4-3-5-9-24/h6-7,10-11,23-27H,3-5,8-9,12-22H2,1-2H3,(H,32,38). The van der Waals surface area contributed by atoms with Crippen LogP contribution in [0.1, 0.15) is 88.2 Å². The van der Waals surface area contributed by atoms with Gasteiger partial charge in [-0.2, -0.15) is 9.40 Å². The lowest BCUT2D eigenvalue weighted by atomic mass is 9.91. The first-order valence-electron chi connectivity index (χ1n) is 16.0. The molecule has 3 saturated heterocycles. The van der Waals surface area contributed by atoms with Gasteiger partial charge >= 0.3 is 0 Å². The fourth-order valence-electron chi connectivity index (χ4n) is 7.91. The minimum absolute atomic E-state index is 0.0604. The Bertz CT molecular complexity index is 1300. The van der Waals surface area contributed by atoms with Crippen LogP contribution in [0.25, 0.3) is 10.9 Å². The van der Waals surface area contributed by atoms with Crippen molar-refractivity contribution in [2.75, 3.05) is 45.0 Å². The lowest BCUT2D eigenvalue weighted by molar-refractivity contribution is 0.0781. The van der Waals surface area contributed by atoms with Gasteiger partial charge in [0.05, 0.1) is 11.3 Å². The maximum Gasteiger partial charge on any atom is 0.272 e. The Hall–Kier alpha value is -2.01. The predicted octanol–water partition coefficient (Wildman–Crippen LogP) is 3.87. The normalized spacial score (nSPS) is 27.1. The quantitative estimate of drug-likeness (QED) is 0.481. The Morgan fingerprint density at radius 2 is 1.63 bits per heavy atom. The molecule has 0 radical (unpaired) electrons. The van der Waals surface area contributed by atoms with E-state index in [0.29, 0.717) is 42.5 Å². The van der Waals surface area contributed by atoms with Crippen LogP contribution in [0, 0.1) is 5.92 Å². The second-order valence-corrected chi connectivity index (χ2v) is 15.2. The van der Waals surface area contributed by atoms with Gasteiger partial charge in [0.25, 0.3) is 5.91 Å². The Morgan fingerprint density at radius 3 is 2.32 bits per heavy atom. The summed E-state index contributed by atoms with van der Waals surface area (Å²) in [5.41, 5.74) is 1.54. The van der Waals surface area contributed by atoms with Crippen LogP contribution >= 0.6 is 0 Å². The third kappa shape index (κ3) is 6.36. The van der Waals surface area contributed by atoms with Crippen molar-refractivity contribution in [2.24, 2.45) is 5.92 Å². The van der Waals surface area contributed by atoms with Gasteiger partial charge in [-0.05, 0) is 64.4 Å². The second-order valence-electron chi connectivity index (χ2n) is 13.2. The minimum Gasteiger partial charge on any atom is -0.348 e. The molecule has 4 aliphatic rings. The number of benzene rings is 1. The van der Waals surface area contributed by atoms with Crippen molar-refractivity contribution in [3.8, 4) is 0 Å². The zero-order chi connectivity index (χ0) is 28.6. The number of rotatable bonds is 9. The molecule has 4 heterocycles. The van der Waals surface area contributed by atoms with Gasteiger partial charge in [-0.15, -0.1) is 0 Å². The Morgan fingerprint density at radius 1 is 0.951 bits per heavy atom. The highest BCUT2D eigenvalue weighted by Crippen LogP contribution is 2.36. The zero-order valence-corrected chi connectivity index (χ0v) is 25.7. The molecule has 4 fully saturated rings. The molecule has 2 atom stereocenters. The summed E-state index contributed by atoms with van der Waals surface area (Å²) in [5, 5.41) is 8.96. The molecule has 0 spiro atoms. The molecule has 1 N–H and O–H groups in total. The number of piperidine rings is 1. The molecule has 1 saturated carbocycles. The average molecular weight is 585 g/mol. The molecule has 3 aliphatic heterocycles. The van der Waals surface area contributed by atoms with Gasteiger partial charge in [-0.1, -0.05) is 37.5 Å². The SMILES string of the molecule is CC(C)n1nc(C(=O)NC2CC3CCC(C2)N3CCN2CCN(S(=O)(=O)CC3CCCCC3)CC2)c2ccccc21. The first kappa shape index (κ1) is 29.1. The van der Waals surface area contributed by atoms with Crippen molar-refractivity contribution < 1.29 is 13.2 Å². The van der Waals surface area contributed by atoms with Crippen molar-refractivity contribution in [1.29, 1.82) is 0 Å². The van der Waals surface area contributed by atoms with E-state index in [0.717, 1.165) is 62.8 Å². The lowest BCUT2D eigenvalue weighted by Gasteiger charge is -2.41. The molecule has 1 aliphatic carbocycles. The maximum atomic E-state index is 13.4. The molecular formula is C31H48N6O3S. The fraction of sp³-hybridized carbons (Fsp3) is 0.742. The van der Waals surface area contributed by atoms with Gasteiger partial charge in [-0.3, -0.25) is 19.3 Å². The number of aromatic nitrogens is 2. The van der Waals surface area contributed by atoms with Crippen LogP contribution in [0.4, 0.5) is 0 Å². The van der Waals surface area contributed by atoms with Gasteiger partial charge in [0, 0.05) is 68.8 Å². The topological polar surface area (TPSA) is 90.8 Å². The summed E-state index contributed by atoms with van der Waals surface area (Å²) >= 11 is 0. The minimum atomic E-state index is -3.14. The van der Waals surface area contributed by atoms with Crippen LogP contribution < -0.4 is 5.32 Å². The highest BCUT2D eigenvalue weighted by molar-refractivity contribution is 7.89. The van der Waals surface area contributed by atoms with E-state index in [4.69, 9.17) is 5.10 Å². The number of hydrogen-bond donors (Lipinski definition) is 1. The van der Waals surface area contributed by atoms with Gasteiger partial charge in [0.2, 0.25) is 10.0 Å². The number of para-hydroxylation sites is 1. The first-order chi connectivity index (χ1) is 19.8. The number of piperazine rings is 1. The Kier molecular flexibility index (Phi) is 8.73. The van der Waals surface area contributed by atoms with E-state index in [1.807, 2.05) is 28.9 Å². The van der Waals surface area contributed by atoms with E-state index in [1.54, 1.807) is 4.31 Å². The molecule has 9 nitrogen and oxygen atoms in total. The summed E-state index contributed by atoms with van der Waals surface area (Å²) in [6.07, 6.45) is 10.1. The molecule has 2 bridgehead atoms. The summed E-state index contributed by atoms with van der Waals surface area (Å²) in [6, 6.07) is 9.37. The summed E-state index contributed by atoms with van der Waals surface area (Å²) < 4.78 is 29.7. The monoisotopic (exact) mass is 584 g/mol. The van der Waals surface area contributed by atoms with Crippen LogP contribution in [0.3, 0.4) is 0 Å². The van der Waals surface area contributed by atoms with Crippen LogP contribution in [0.5, 0.6) is 0 Å². The predicted molar refractivity (Wildman–Crippen MR) is 162 cm³/mol. The number of nitrogens with zero attached hydrogens (tertiary/aromatic N) is 5. The zero-order valence-electron chi connectivity index (χ0n) is 24.9. The summed E-state index contributed by atoms with van der Waals surface area (Å²) in [4.78, 5) is 18.5. The van der Waals surface area contributed by atoms with Crippen molar-refractivity contribution in [2.45, 2.75) is 95.8 Å². The highest BCUT2D eigenvalue weighted by atomic mass is 32.2. The Balaban J connectivity index is 0.981. The number of carbonyl (C=O) groups excluding carboxylic acids is 1. The molecule has 2 aromatic rings. The van der Waals surface area contributed by atoms with Gasteiger partial charge in [0.1, 0.15) is 0 Å². The van der Waals surface area contributed by atoms with Gasteiger partial charge in [0.15, 0.2) is 5.69 Å². The van der Waals surface area contributed by atoms with Gasteiger partial charge < -0.3 is 5.32 Å². The number of amides is 1. The van der Waals surface area contributed by atoms with Crippen LogP contribution in [-0.2, 0) is 10.0 Å². The maximum absolute atomic E-state index is 13.4. The molecule has 41 heavy (non-hydrogen) atoms. The second kappa shape index (κ2) is 12.3. The number of carbonyl (C=O) groups is 1. The van der Waals surface area contributed by atoms with E-state index in [9.17, 15) is 13.2 Å². The third-order valence-corrected chi connectivity index (χ3v) is 12.2. The molecule has 2 unspecified atom stereocenters. The largest absolute Gasteiger partial charge is 0.348 e. The van der Waals surface area contributed by atoms with E-state index in [-0.39, 0.29) is 18.0 Å². The summed E-state index contributed by atoms with van der Waals surface area (Å²) in [5.74, 6) is 0.638. The molecule has 6 rings (SSSR count). The lowest BCUT2D eigenvalue weighted by Crippen LogP contribution is -2.54. The summed E-state index contributed by atoms with van der Waals surface area (Å²) in [6.45, 7) is 9.08. The third-order valence-electron chi connectivity index (χ3n) is 10.1. The Labute approximate surface area is 245 Å². The number of fused-ring (bicyclic) bond motifs is 3. The van der Waals surface area contributed by atoms with E-state index < -0.39 is 10.0 Å². The molecule has 10 heteroatoms. The summed E-state index contributed by atoms with van der Waals surface area (Å²) in [7, 11) is -3.14. The number of nitrogens with one attached hydrogen (secondary N) is 1. The number of sulfonamides is 1. The first-order valence-corrected chi connectivity index (χ1v) is 17.6.